The van der Waals surface area contributed by atoms with Gasteiger partial charge in [-0.2, -0.15) is 0 Å². The molecule has 2 N–H and O–H groups in total. The molecule has 0 spiro atoms. The Hall–Kier alpha value is -0.930. The molecule has 3 nitrogen and oxygen atoms in total. The van der Waals surface area contributed by atoms with Crippen LogP contribution in [0.15, 0.2) is 24.5 Å². The summed E-state index contributed by atoms with van der Waals surface area (Å²) in [4.78, 5) is 6.63. The second-order valence-corrected chi connectivity index (χ2v) is 6.92. The van der Waals surface area contributed by atoms with Gasteiger partial charge < -0.3 is 5.73 Å². The van der Waals surface area contributed by atoms with E-state index in [0.717, 1.165) is 31.5 Å². The van der Waals surface area contributed by atoms with Crippen molar-refractivity contribution >= 4 is 0 Å². The lowest BCUT2D eigenvalue weighted by Gasteiger charge is -2.38. The van der Waals surface area contributed by atoms with Gasteiger partial charge >= 0.3 is 0 Å². The predicted molar refractivity (Wildman–Crippen MR) is 88.8 cm³/mol. The summed E-state index contributed by atoms with van der Waals surface area (Å²) >= 11 is 0. The van der Waals surface area contributed by atoms with Gasteiger partial charge in [-0.05, 0) is 61.3 Å². The molecule has 3 atom stereocenters. The van der Waals surface area contributed by atoms with Crippen molar-refractivity contribution in [2.45, 2.75) is 52.6 Å². The first-order valence-electron chi connectivity index (χ1n) is 8.47. The Kier molecular flexibility index (Phi) is 6.19. The number of aromatic nitrogens is 1. The quantitative estimate of drug-likeness (QED) is 0.873. The molecule has 0 saturated heterocycles. The fourth-order valence-electron chi connectivity index (χ4n) is 3.52. The molecular formula is C18H31N3. The van der Waals surface area contributed by atoms with E-state index in [1.165, 1.54) is 24.8 Å². The number of hydrogen-bond donors (Lipinski definition) is 1. The molecule has 2 rings (SSSR count). The zero-order valence-corrected chi connectivity index (χ0v) is 13.8. The van der Waals surface area contributed by atoms with E-state index in [4.69, 9.17) is 5.73 Å². The van der Waals surface area contributed by atoms with Crippen LogP contribution in [0.5, 0.6) is 0 Å². The molecule has 21 heavy (non-hydrogen) atoms. The second kappa shape index (κ2) is 7.90. The van der Waals surface area contributed by atoms with Crippen molar-refractivity contribution in [3.63, 3.8) is 0 Å². The number of pyridine rings is 1. The Morgan fingerprint density at radius 2 is 2.00 bits per heavy atom. The molecule has 3 heteroatoms. The Labute approximate surface area is 129 Å². The molecule has 118 valence electrons. The van der Waals surface area contributed by atoms with Crippen LogP contribution in [0, 0.1) is 17.8 Å². The van der Waals surface area contributed by atoms with Crippen molar-refractivity contribution in [1.82, 2.24) is 9.88 Å². The third-order valence-electron chi connectivity index (χ3n) is 5.12. The number of nitrogens with two attached hydrogens (primary N) is 1. The van der Waals surface area contributed by atoms with Crippen molar-refractivity contribution in [3.05, 3.63) is 30.1 Å². The molecule has 1 fully saturated rings. The van der Waals surface area contributed by atoms with Gasteiger partial charge in [0.25, 0.3) is 0 Å². The maximum atomic E-state index is 6.40. The maximum Gasteiger partial charge on any atom is 0.0271 e. The van der Waals surface area contributed by atoms with E-state index in [-0.39, 0.29) is 0 Å². The molecule has 1 saturated carbocycles. The van der Waals surface area contributed by atoms with Gasteiger partial charge in [-0.1, -0.05) is 20.8 Å². The number of nitrogens with zero attached hydrogens (tertiary/aromatic N) is 2. The van der Waals surface area contributed by atoms with Gasteiger partial charge in [0.05, 0.1) is 0 Å². The molecule has 3 unspecified atom stereocenters. The van der Waals surface area contributed by atoms with E-state index >= 15 is 0 Å². The minimum Gasteiger partial charge on any atom is -0.327 e. The normalized spacial score (nSPS) is 26.5. The molecule has 0 aliphatic heterocycles. The fourth-order valence-corrected chi connectivity index (χ4v) is 3.52. The van der Waals surface area contributed by atoms with Crippen LogP contribution in [-0.4, -0.2) is 29.0 Å². The summed E-state index contributed by atoms with van der Waals surface area (Å²) in [7, 11) is 0. The van der Waals surface area contributed by atoms with Crippen molar-refractivity contribution in [2.24, 2.45) is 23.5 Å². The summed E-state index contributed by atoms with van der Waals surface area (Å²) in [6, 6.07) is 4.60. The zero-order chi connectivity index (χ0) is 15.2. The Bertz CT molecular complexity index is 404. The first-order valence-corrected chi connectivity index (χ1v) is 8.47. The van der Waals surface area contributed by atoms with E-state index in [2.05, 4.69) is 42.8 Å². The summed E-state index contributed by atoms with van der Waals surface area (Å²) in [5.74, 6) is 2.29. The fraction of sp³-hybridized carbons (Fsp3) is 0.722. The molecule has 1 heterocycles. The molecule has 0 bridgehead atoms. The van der Waals surface area contributed by atoms with Crippen molar-refractivity contribution in [1.29, 1.82) is 0 Å². The topological polar surface area (TPSA) is 42.2 Å². The molecule has 0 aromatic carbocycles. The van der Waals surface area contributed by atoms with Gasteiger partial charge in [0.1, 0.15) is 0 Å². The van der Waals surface area contributed by atoms with Gasteiger partial charge in [0.15, 0.2) is 0 Å². The molecule has 0 amide bonds. The van der Waals surface area contributed by atoms with E-state index in [0.29, 0.717) is 12.0 Å². The summed E-state index contributed by atoms with van der Waals surface area (Å²) in [6.45, 7) is 10.2. The monoisotopic (exact) mass is 289 g/mol. The van der Waals surface area contributed by atoms with Crippen molar-refractivity contribution in [3.8, 4) is 0 Å². The number of hydrogen-bond acceptors (Lipinski definition) is 3. The molecule has 0 radical (unpaired) electrons. The van der Waals surface area contributed by atoms with Crippen LogP contribution in [0.1, 0.15) is 45.6 Å². The third-order valence-corrected chi connectivity index (χ3v) is 5.12. The van der Waals surface area contributed by atoms with Crippen LogP contribution in [0.4, 0.5) is 0 Å². The lowest BCUT2D eigenvalue weighted by molar-refractivity contribution is 0.136. The average Bonchev–Trinajstić information content (AvgIpc) is 2.49. The van der Waals surface area contributed by atoms with Crippen LogP contribution in [0.25, 0.3) is 0 Å². The highest BCUT2D eigenvalue weighted by Crippen LogP contribution is 2.33. The van der Waals surface area contributed by atoms with Crippen molar-refractivity contribution in [2.75, 3.05) is 13.1 Å². The molecule has 1 aliphatic rings. The summed E-state index contributed by atoms with van der Waals surface area (Å²) in [5, 5.41) is 0. The van der Waals surface area contributed by atoms with Crippen LogP contribution in [0.3, 0.4) is 0 Å². The van der Waals surface area contributed by atoms with Crippen molar-refractivity contribution < 1.29 is 0 Å². The van der Waals surface area contributed by atoms with E-state index in [1.807, 2.05) is 12.4 Å². The first-order chi connectivity index (χ1) is 10.1. The van der Waals surface area contributed by atoms with Crippen LogP contribution in [0.2, 0.25) is 0 Å². The summed E-state index contributed by atoms with van der Waals surface area (Å²) in [5.41, 5.74) is 7.75. The Balaban J connectivity index is 1.93. The zero-order valence-electron chi connectivity index (χ0n) is 13.8. The largest absolute Gasteiger partial charge is 0.327 e. The Morgan fingerprint density at radius 3 is 2.62 bits per heavy atom. The highest BCUT2D eigenvalue weighted by atomic mass is 15.1. The molecule has 1 aromatic rings. The van der Waals surface area contributed by atoms with Gasteiger partial charge in [-0.3, -0.25) is 9.88 Å². The van der Waals surface area contributed by atoms with E-state index in [9.17, 15) is 0 Å². The Morgan fingerprint density at radius 1 is 1.29 bits per heavy atom. The van der Waals surface area contributed by atoms with Gasteiger partial charge in [-0.15, -0.1) is 0 Å². The molecule has 1 aromatic heterocycles. The van der Waals surface area contributed by atoms with Crippen LogP contribution >= 0.6 is 0 Å². The minimum atomic E-state index is 0.381. The minimum absolute atomic E-state index is 0.381. The second-order valence-electron chi connectivity index (χ2n) is 6.92. The van der Waals surface area contributed by atoms with Gasteiger partial charge in [0, 0.05) is 31.5 Å². The third kappa shape index (κ3) is 4.79. The average molecular weight is 289 g/mol. The highest BCUT2D eigenvalue weighted by Gasteiger charge is 2.30. The maximum absolute atomic E-state index is 6.40. The number of rotatable bonds is 6. The van der Waals surface area contributed by atoms with Crippen LogP contribution < -0.4 is 5.73 Å². The standard InChI is InChI=1S/C18H31N3/c1-4-21(12-15-7-9-20-10-8-15)13-17-11-16(14(2)3)5-6-18(17)19/h7-10,14,16-18H,4-6,11-13,19H2,1-3H3. The molecule has 1 aliphatic carbocycles. The first kappa shape index (κ1) is 16.4. The van der Waals surface area contributed by atoms with E-state index in [1.54, 1.807) is 0 Å². The van der Waals surface area contributed by atoms with Gasteiger partial charge in [0.2, 0.25) is 0 Å². The smallest absolute Gasteiger partial charge is 0.0271 e. The summed E-state index contributed by atoms with van der Waals surface area (Å²) in [6.07, 6.45) is 7.56. The predicted octanol–water partition coefficient (Wildman–Crippen LogP) is 3.30. The van der Waals surface area contributed by atoms with Crippen LogP contribution in [-0.2, 0) is 6.54 Å². The lowest BCUT2D eigenvalue weighted by Crippen LogP contribution is -2.43. The SMILES string of the molecule is CCN(Cc1ccncc1)CC1CC(C(C)C)CCC1N. The lowest BCUT2D eigenvalue weighted by atomic mass is 9.73. The summed E-state index contributed by atoms with van der Waals surface area (Å²) < 4.78 is 0. The molecular weight excluding hydrogens is 258 g/mol. The van der Waals surface area contributed by atoms with E-state index < -0.39 is 0 Å². The highest BCUT2D eigenvalue weighted by molar-refractivity contribution is 5.09. The van der Waals surface area contributed by atoms with Gasteiger partial charge in [-0.25, -0.2) is 0 Å².